The zero-order chi connectivity index (χ0) is 20.8. The van der Waals surface area contributed by atoms with Crippen LogP contribution in [0.5, 0.6) is 17.2 Å². The Hall–Kier alpha value is -2.99. The Bertz CT molecular complexity index is 870. The number of carbonyl (C=O) groups is 1. The van der Waals surface area contributed by atoms with Crippen LogP contribution in [0, 0.1) is 13.8 Å². The third-order valence-electron chi connectivity index (χ3n) is 4.45. The van der Waals surface area contributed by atoms with E-state index in [0.29, 0.717) is 16.9 Å². The molecule has 6 heteroatoms. The minimum absolute atomic E-state index is 0.0282. The summed E-state index contributed by atoms with van der Waals surface area (Å²) in [6.07, 6.45) is 3.14. The van der Waals surface area contributed by atoms with Gasteiger partial charge in [-0.25, -0.2) is 0 Å². The van der Waals surface area contributed by atoms with Crippen LogP contribution in [-0.2, 0) is 4.74 Å². The molecule has 0 fully saturated rings. The van der Waals surface area contributed by atoms with Crippen LogP contribution in [0.1, 0.15) is 27.0 Å². The summed E-state index contributed by atoms with van der Waals surface area (Å²) < 4.78 is 15.9. The number of nitrogens with zero attached hydrogens (tertiary/aromatic N) is 1. The van der Waals surface area contributed by atoms with E-state index >= 15 is 0 Å². The Morgan fingerprint density at radius 2 is 1.71 bits per heavy atom. The van der Waals surface area contributed by atoms with Gasteiger partial charge in [0.1, 0.15) is 22.8 Å². The summed E-state index contributed by atoms with van der Waals surface area (Å²) in [7, 11) is 6.90. The molecule has 0 amide bonds. The summed E-state index contributed by atoms with van der Waals surface area (Å²) in [5.74, 6) is 0.212. The number of anilines is 1. The van der Waals surface area contributed by atoms with E-state index in [1.54, 1.807) is 19.9 Å². The van der Waals surface area contributed by atoms with Gasteiger partial charge in [-0.15, -0.1) is 0 Å². The number of allylic oxidation sites excluding steroid dienone is 1. The van der Waals surface area contributed by atoms with Crippen molar-refractivity contribution in [3.63, 3.8) is 0 Å². The highest BCUT2D eigenvalue weighted by atomic mass is 16.7. The second kappa shape index (κ2) is 9.28. The van der Waals surface area contributed by atoms with Crippen LogP contribution in [0.2, 0.25) is 0 Å². The molecule has 0 spiro atoms. The van der Waals surface area contributed by atoms with Crippen molar-refractivity contribution in [3.8, 4) is 17.2 Å². The number of ether oxygens (including phenoxy) is 3. The van der Waals surface area contributed by atoms with Gasteiger partial charge in [0.05, 0.1) is 7.11 Å². The van der Waals surface area contributed by atoms with Gasteiger partial charge in [-0.3, -0.25) is 4.79 Å². The number of phenols is 1. The molecule has 0 aliphatic heterocycles. The molecule has 2 rings (SSSR count). The van der Waals surface area contributed by atoms with E-state index in [9.17, 15) is 9.90 Å². The van der Waals surface area contributed by atoms with Crippen molar-refractivity contribution in [1.29, 1.82) is 0 Å². The van der Waals surface area contributed by atoms with Crippen LogP contribution in [0.4, 0.5) is 5.69 Å². The third kappa shape index (κ3) is 4.46. The van der Waals surface area contributed by atoms with Gasteiger partial charge in [0.2, 0.25) is 0 Å². The van der Waals surface area contributed by atoms with E-state index in [1.165, 1.54) is 20.3 Å². The molecule has 0 aliphatic rings. The third-order valence-corrected chi connectivity index (χ3v) is 4.45. The van der Waals surface area contributed by atoms with Crippen LogP contribution >= 0.6 is 0 Å². The summed E-state index contributed by atoms with van der Waals surface area (Å²) >= 11 is 0. The van der Waals surface area contributed by atoms with Gasteiger partial charge in [-0.2, -0.15) is 0 Å². The molecule has 0 radical (unpaired) electrons. The van der Waals surface area contributed by atoms with E-state index in [2.05, 4.69) is 0 Å². The molecule has 0 atom stereocenters. The molecule has 28 heavy (non-hydrogen) atoms. The SMILES string of the molecule is COCOc1c(C)c(O)c(C(=O)C=Cc2ccc(N(C)C)cc2)c(OC)c1C. The second-order valence-electron chi connectivity index (χ2n) is 6.57. The zero-order valence-electron chi connectivity index (χ0n) is 17.2. The van der Waals surface area contributed by atoms with Crippen molar-refractivity contribution >= 4 is 17.5 Å². The molecule has 0 aliphatic carbocycles. The van der Waals surface area contributed by atoms with Crippen molar-refractivity contribution in [2.75, 3.05) is 40.0 Å². The van der Waals surface area contributed by atoms with Crippen LogP contribution < -0.4 is 14.4 Å². The van der Waals surface area contributed by atoms with Gasteiger partial charge < -0.3 is 24.2 Å². The van der Waals surface area contributed by atoms with Crippen LogP contribution in [0.3, 0.4) is 0 Å². The predicted octanol–water partition coefficient (Wildman–Crippen LogP) is 3.96. The Morgan fingerprint density at radius 1 is 1.07 bits per heavy atom. The number of methoxy groups -OCH3 is 2. The molecule has 0 aromatic heterocycles. The first-order chi connectivity index (χ1) is 13.3. The Kier molecular flexibility index (Phi) is 7.06. The first-order valence-corrected chi connectivity index (χ1v) is 8.83. The molecule has 1 N–H and O–H groups in total. The lowest BCUT2D eigenvalue weighted by Gasteiger charge is -2.19. The van der Waals surface area contributed by atoms with Gasteiger partial charge in [0, 0.05) is 38.0 Å². The van der Waals surface area contributed by atoms with Gasteiger partial charge in [-0.1, -0.05) is 18.2 Å². The van der Waals surface area contributed by atoms with Crippen molar-refractivity contribution in [2.24, 2.45) is 0 Å². The van der Waals surface area contributed by atoms with Gasteiger partial charge in [-0.05, 0) is 37.6 Å². The first-order valence-electron chi connectivity index (χ1n) is 8.83. The van der Waals surface area contributed by atoms with Gasteiger partial charge >= 0.3 is 0 Å². The lowest BCUT2D eigenvalue weighted by molar-refractivity contribution is 0.0497. The Morgan fingerprint density at radius 3 is 2.25 bits per heavy atom. The van der Waals surface area contributed by atoms with Crippen LogP contribution in [0.25, 0.3) is 6.08 Å². The Balaban J connectivity index is 2.39. The monoisotopic (exact) mass is 385 g/mol. The van der Waals surface area contributed by atoms with Crippen molar-refractivity contribution in [3.05, 3.63) is 52.6 Å². The van der Waals surface area contributed by atoms with Crippen molar-refractivity contribution < 1.29 is 24.1 Å². The van der Waals surface area contributed by atoms with Crippen molar-refractivity contribution in [1.82, 2.24) is 0 Å². The standard InChI is InChI=1S/C22H27NO5/c1-14-20(25)19(22(27-6)15(2)21(14)28-13-26-5)18(24)12-9-16-7-10-17(11-8-16)23(3)4/h7-12,25H,13H2,1-6H3. The zero-order valence-corrected chi connectivity index (χ0v) is 17.2. The number of ketones is 1. The molecule has 0 heterocycles. The summed E-state index contributed by atoms with van der Waals surface area (Å²) in [6, 6.07) is 7.79. The minimum atomic E-state index is -0.351. The Labute approximate surface area is 166 Å². The average Bonchev–Trinajstić information content (AvgIpc) is 2.69. The van der Waals surface area contributed by atoms with E-state index in [0.717, 1.165) is 11.3 Å². The molecule has 0 bridgehead atoms. The highest BCUT2D eigenvalue weighted by Gasteiger charge is 2.24. The number of rotatable bonds is 8. The highest BCUT2D eigenvalue weighted by molar-refractivity contribution is 6.11. The van der Waals surface area contributed by atoms with Gasteiger partial charge in [0.25, 0.3) is 0 Å². The number of hydrogen-bond donors (Lipinski definition) is 1. The number of carbonyl (C=O) groups excluding carboxylic acids is 1. The van der Waals surface area contributed by atoms with Crippen LogP contribution in [-0.4, -0.2) is 46.0 Å². The molecule has 6 nitrogen and oxygen atoms in total. The lowest BCUT2D eigenvalue weighted by Crippen LogP contribution is -2.08. The molecule has 150 valence electrons. The summed E-state index contributed by atoms with van der Waals surface area (Å²) in [4.78, 5) is 14.8. The van der Waals surface area contributed by atoms with E-state index in [1.807, 2.05) is 43.3 Å². The molecule has 2 aromatic rings. The quantitative estimate of drug-likeness (QED) is 0.421. The lowest BCUT2D eigenvalue weighted by atomic mass is 9.98. The number of phenolic OH excluding ortho intramolecular Hbond substituents is 1. The predicted molar refractivity (Wildman–Crippen MR) is 111 cm³/mol. The molecule has 0 unspecified atom stereocenters. The number of benzene rings is 2. The maximum absolute atomic E-state index is 12.8. The maximum atomic E-state index is 12.8. The van der Waals surface area contributed by atoms with Gasteiger partial charge in [0.15, 0.2) is 12.6 Å². The smallest absolute Gasteiger partial charge is 0.193 e. The summed E-state index contributed by atoms with van der Waals surface area (Å²) in [6.45, 7) is 3.49. The van der Waals surface area contributed by atoms with Crippen LogP contribution in [0.15, 0.2) is 30.3 Å². The van der Waals surface area contributed by atoms with E-state index < -0.39 is 0 Å². The number of aromatic hydroxyl groups is 1. The topological polar surface area (TPSA) is 68.2 Å². The molecular formula is C22H27NO5. The maximum Gasteiger partial charge on any atom is 0.193 e. The summed E-state index contributed by atoms with van der Waals surface area (Å²) in [5.41, 5.74) is 3.15. The minimum Gasteiger partial charge on any atom is -0.507 e. The normalized spacial score (nSPS) is 10.9. The summed E-state index contributed by atoms with van der Waals surface area (Å²) in [5, 5.41) is 10.6. The molecule has 0 saturated carbocycles. The fourth-order valence-corrected chi connectivity index (χ4v) is 2.93. The average molecular weight is 385 g/mol. The van der Waals surface area contributed by atoms with E-state index in [4.69, 9.17) is 14.2 Å². The second-order valence-corrected chi connectivity index (χ2v) is 6.57. The fraction of sp³-hybridized carbons (Fsp3) is 0.318. The molecule has 2 aromatic carbocycles. The van der Waals surface area contributed by atoms with Crippen molar-refractivity contribution in [2.45, 2.75) is 13.8 Å². The largest absolute Gasteiger partial charge is 0.507 e. The van der Waals surface area contributed by atoms with E-state index in [-0.39, 0.29) is 29.6 Å². The molecule has 0 saturated heterocycles. The highest BCUT2D eigenvalue weighted by Crippen LogP contribution is 2.42. The number of hydrogen-bond acceptors (Lipinski definition) is 6. The molecular weight excluding hydrogens is 358 g/mol. The fourth-order valence-electron chi connectivity index (χ4n) is 2.93. The first kappa shape index (κ1) is 21.3.